The summed E-state index contributed by atoms with van der Waals surface area (Å²) >= 11 is 0. The van der Waals surface area contributed by atoms with Crippen LogP contribution >= 0.6 is 0 Å². The van der Waals surface area contributed by atoms with E-state index in [0.717, 1.165) is 6.20 Å². The van der Waals surface area contributed by atoms with Gasteiger partial charge in [0.25, 0.3) is 0 Å². The SMILES string of the molecule is COCCOCC(=O)c1ccncc1F. The summed E-state index contributed by atoms with van der Waals surface area (Å²) in [4.78, 5) is 14.9. The van der Waals surface area contributed by atoms with Crippen LogP contribution in [0.25, 0.3) is 0 Å². The Bertz CT molecular complexity index is 330. The first-order valence-electron chi connectivity index (χ1n) is 4.45. The normalized spacial score (nSPS) is 10.3. The zero-order valence-corrected chi connectivity index (χ0v) is 8.40. The molecule has 82 valence electrons. The summed E-state index contributed by atoms with van der Waals surface area (Å²) in [5.41, 5.74) is 0.00224. The summed E-state index contributed by atoms with van der Waals surface area (Å²) in [6.07, 6.45) is 2.37. The minimum absolute atomic E-state index is 0.00224. The maximum absolute atomic E-state index is 13.1. The van der Waals surface area contributed by atoms with Crippen LogP contribution in [-0.4, -0.2) is 37.7 Å². The molecule has 0 aromatic carbocycles. The monoisotopic (exact) mass is 213 g/mol. The first-order valence-corrected chi connectivity index (χ1v) is 4.45. The Morgan fingerprint density at radius 2 is 2.33 bits per heavy atom. The number of hydrogen-bond acceptors (Lipinski definition) is 4. The number of hydrogen-bond donors (Lipinski definition) is 0. The summed E-state index contributed by atoms with van der Waals surface area (Å²) < 4.78 is 22.8. The first kappa shape index (κ1) is 11.7. The van der Waals surface area contributed by atoms with E-state index in [0.29, 0.717) is 13.2 Å². The van der Waals surface area contributed by atoms with Crippen LogP contribution < -0.4 is 0 Å². The van der Waals surface area contributed by atoms with E-state index in [-0.39, 0.29) is 12.2 Å². The van der Waals surface area contributed by atoms with Crippen molar-refractivity contribution in [2.75, 3.05) is 26.9 Å². The number of carbonyl (C=O) groups excluding carboxylic acids is 1. The van der Waals surface area contributed by atoms with Crippen molar-refractivity contribution in [3.8, 4) is 0 Å². The van der Waals surface area contributed by atoms with Crippen LogP contribution in [0.3, 0.4) is 0 Å². The smallest absolute Gasteiger partial charge is 0.191 e. The average Bonchev–Trinajstić information content (AvgIpc) is 2.25. The van der Waals surface area contributed by atoms with Gasteiger partial charge < -0.3 is 9.47 Å². The van der Waals surface area contributed by atoms with Gasteiger partial charge in [-0.1, -0.05) is 0 Å². The standard InChI is InChI=1S/C10H12FNO3/c1-14-4-5-15-7-10(13)8-2-3-12-6-9(8)11/h2-3,6H,4-5,7H2,1H3. The van der Waals surface area contributed by atoms with E-state index in [1.807, 2.05) is 0 Å². The fraction of sp³-hybridized carbons (Fsp3) is 0.400. The molecule has 0 spiro atoms. The zero-order chi connectivity index (χ0) is 11.1. The van der Waals surface area contributed by atoms with E-state index in [1.165, 1.54) is 19.4 Å². The average molecular weight is 213 g/mol. The molecule has 0 saturated carbocycles. The number of pyridine rings is 1. The third kappa shape index (κ3) is 3.73. The molecule has 0 bridgehead atoms. The highest BCUT2D eigenvalue weighted by atomic mass is 19.1. The molecule has 1 aromatic rings. The maximum atomic E-state index is 13.1. The third-order valence-corrected chi connectivity index (χ3v) is 1.74. The molecule has 0 aliphatic carbocycles. The van der Waals surface area contributed by atoms with Gasteiger partial charge in [0.05, 0.1) is 25.0 Å². The summed E-state index contributed by atoms with van der Waals surface area (Å²) in [6, 6.07) is 1.33. The molecule has 0 amide bonds. The van der Waals surface area contributed by atoms with Gasteiger partial charge in [-0.3, -0.25) is 9.78 Å². The highest BCUT2D eigenvalue weighted by Gasteiger charge is 2.10. The molecule has 0 aliphatic rings. The molecule has 0 N–H and O–H groups in total. The van der Waals surface area contributed by atoms with Gasteiger partial charge in [-0.05, 0) is 6.07 Å². The Balaban J connectivity index is 2.44. The van der Waals surface area contributed by atoms with Crippen LogP contribution in [0.4, 0.5) is 4.39 Å². The van der Waals surface area contributed by atoms with Gasteiger partial charge in [0.15, 0.2) is 11.6 Å². The van der Waals surface area contributed by atoms with Crippen molar-refractivity contribution < 1.29 is 18.7 Å². The number of methoxy groups -OCH3 is 1. The highest BCUT2D eigenvalue weighted by Crippen LogP contribution is 2.05. The van der Waals surface area contributed by atoms with Crippen LogP contribution in [0.1, 0.15) is 10.4 Å². The summed E-state index contributed by atoms with van der Waals surface area (Å²) in [7, 11) is 1.54. The molecule has 1 rings (SSSR count). The number of aromatic nitrogens is 1. The fourth-order valence-electron chi connectivity index (χ4n) is 0.986. The number of halogens is 1. The number of nitrogens with zero attached hydrogens (tertiary/aromatic N) is 1. The van der Waals surface area contributed by atoms with Gasteiger partial charge in [-0.2, -0.15) is 0 Å². The van der Waals surface area contributed by atoms with Crippen molar-refractivity contribution >= 4 is 5.78 Å². The third-order valence-electron chi connectivity index (χ3n) is 1.74. The second-order valence-electron chi connectivity index (χ2n) is 2.82. The molecular weight excluding hydrogens is 201 g/mol. The Morgan fingerprint density at radius 3 is 3.00 bits per heavy atom. The van der Waals surface area contributed by atoms with E-state index in [1.54, 1.807) is 0 Å². The lowest BCUT2D eigenvalue weighted by Crippen LogP contribution is -2.13. The topological polar surface area (TPSA) is 48.4 Å². The molecule has 0 fully saturated rings. The van der Waals surface area contributed by atoms with Crippen LogP contribution in [0.2, 0.25) is 0 Å². The summed E-state index contributed by atoms with van der Waals surface area (Å²) in [5, 5.41) is 0. The van der Waals surface area contributed by atoms with Gasteiger partial charge in [0.1, 0.15) is 6.61 Å². The van der Waals surface area contributed by atoms with E-state index < -0.39 is 11.6 Å². The Hall–Kier alpha value is -1.33. The van der Waals surface area contributed by atoms with E-state index >= 15 is 0 Å². The molecule has 1 aromatic heterocycles. The lowest BCUT2D eigenvalue weighted by molar-refractivity contribution is 0.0574. The largest absolute Gasteiger partial charge is 0.382 e. The molecule has 15 heavy (non-hydrogen) atoms. The van der Waals surface area contributed by atoms with Crippen LogP contribution in [0, 0.1) is 5.82 Å². The van der Waals surface area contributed by atoms with Crippen LogP contribution in [0.15, 0.2) is 18.5 Å². The molecular formula is C10H12FNO3. The summed E-state index contributed by atoms with van der Waals surface area (Å²) in [6.45, 7) is 0.575. The van der Waals surface area contributed by atoms with E-state index in [9.17, 15) is 9.18 Å². The van der Waals surface area contributed by atoms with Gasteiger partial charge >= 0.3 is 0 Å². The molecule has 0 aliphatic heterocycles. The van der Waals surface area contributed by atoms with Crippen molar-refractivity contribution in [1.29, 1.82) is 0 Å². The van der Waals surface area contributed by atoms with Gasteiger partial charge in [0.2, 0.25) is 0 Å². The lowest BCUT2D eigenvalue weighted by Gasteiger charge is -2.03. The maximum Gasteiger partial charge on any atom is 0.191 e. The molecule has 0 unspecified atom stereocenters. The second-order valence-corrected chi connectivity index (χ2v) is 2.82. The first-order chi connectivity index (χ1) is 7.25. The van der Waals surface area contributed by atoms with Crippen molar-refractivity contribution in [3.63, 3.8) is 0 Å². The molecule has 1 heterocycles. The zero-order valence-electron chi connectivity index (χ0n) is 8.40. The minimum atomic E-state index is -0.627. The Kier molecular flexibility index (Phi) is 4.86. The lowest BCUT2D eigenvalue weighted by atomic mass is 10.2. The van der Waals surface area contributed by atoms with E-state index in [2.05, 4.69) is 4.98 Å². The Morgan fingerprint density at radius 1 is 1.53 bits per heavy atom. The van der Waals surface area contributed by atoms with Gasteiger partial charge in [-0.25, -0.2) is 4.39 Å². The van der Waals surface area contributed by atoms with Gasteiger partial charge in [0, 0.05) is 13.3 Å². The molecule has 0 saturated heterocycles. The van der Waals surface area contributed by atoms with Crippen molar-refractivity contribution in [1.82, 2.24) is 4.98 Å². The molecule has 0 atom stereocenters. The van der Waals surface area contributed by atoms with E-state index in [4.69, 9.17) is 9.47 Å². The number of Topliss-reactive ketones (excluding diaryl/α,β-unsaturated/α-hetero) is 1. The van der Waals surface area contributed by atoms with Crippen molar-refractivity contribution in [2.45, 2.75) is 0 Å². The molecule has 5 heteroatoms. The number of rotatable bonds is 6. The van der Waals surface area contributed by atoms with Crippen molar-refractivity contribution in [3.05, 3.63) is 29.8 Å². The number of ketones is 1. The van der Waals surface area contributed by atoms with Crippen LogP contribution in [0.5, 0.6) is 0 Å². The number of carbonyl (C=O) groups is 1. The second kappa shape index (κ2) is 6.21. The molecule has 4 nitrogen and oxygen atoms in total. The number of ether oxygens (including phenoxy) is 2. The van der Waals surface area contributed by atoms with Crippen LogP contribution in [-0.2, 0) is 9.47 Å². The minimum Gasteiger partial charge on any atom is -0.382 e. The summed E-state index contributed by atoms with van der Waals surface area (Å²) in [5.74, 6) is -1.02. The predicted molar refractivity (Wildman–Crippen MR) is 51.2 cm³/mol. The molecule has 0 radical (unpaired) electrons. The Labute approximate surface area is 87.0 Å². The highest BCUT2D eigenvalue weighted by molar-refractivity contribution is 5.97. The van der Waals surface area contributed by atoms with Gasteiger partial charge in [-0.15, -0.1) is 0 Å². The predicted octanol–water partition coefficient (Wildman–Crippen LogP) is 1.07. The quantitative estimate of drug-likeness (QED) is 0.523. The fourth-order valence-corrected chi connectivity index (χ4v) is 0.986. The van der Waals surface area contributed by atoms with Crippen molar-refractivity contribution in [2.24, 2.45) is 0 Å².